The molecular weight excluding hydrogens is 238 g/mol. The molecule has 1 rings (SSSR count). The normalized spacial score (nSPS) is 12.3. The van der Waals surface area contributed by atoms with Crippen molar-refractivity contribution in [3.63, 3.8) is 0 Å². The monoisotopic (exact) mass is 253 g/mol. The van der Waals surface area contributed by atoms with Gasteiger partial charge in [-0.3, -0.25) is 0 Å². The summed E-state index contributed by atoms with van der Waals surface area (Å²) in [7, 11) is 0. The summed E-state index contributed by atoms with van der Waals surface area (Å²) in [5.41, 5.74) is 8.51. The molecule has 0 aliphatic heterocycles. The Hall–Kier alpha value is -0.600. The summed E-state index contributed by atoms with van der Waals surface area (Å²) in [5.74, 6) is 0. The minimum atomic E-state index is 0.110. The number of halogens is 1. The first-order valence-corrected chi connectivity index (χ1v) is 5.53. The molecule has 0 saturated carbocycles. The Labute approximate surface area is 94.1 Å². The maximum absolute atomic E-state index is 5.98. The van der Waals surface area contributed by atoms with Gasteiger partial charge in [-0.1, -0.05) is 45.8 Å². The van der Waals surface area contributed by atoms with Crippen LogP contribution in [0.5, 0.6) is 0 Å². The fraction of sp³-hybridized carbons (Fsp3) is 0.333. The second-order valence-corrected chi connectivity index (χ2v) is 4.56. The van der Waals surface area contributed by atoms with Crippen molar-refractivity contribution in [3.05, 3.63) is 46.0 Å². The zero-order valence-corrected chi connectivity index (χ0v) is 10.2. The zero-order valence-electron chi connectivity index (χ0n) is 8.63. The lowest BCUT2D eigenvalue weighted by Gasteiger charge is -2.09. The summed E-state index contributed by atoms with van der Waals surface area (Å²) in [5, 5.41) is 0. The van der Waals surface area contributed by atoms with E-state index in [4.69, 9.17) is 5.73 Å². The summed E-state index contributed by atoms with van der Waals surface area (Å²) >= 11 is 3.51. The number of allylic oxidation sites excluding steroid dienone is 1. The van der Waals surface area contributed by atoms with E-state index in [2.05, 4.69) is 41.9 Å². The second-order valence-electron chi connectivity index (χ2n) is 3.70. The molecule has 0 radical (unpaired) electrons. The largest absolute Gasteiger partial charge is 0.324 e. The molecule has 1 unspecified atom stereocenters. The maximum atomic E-state index is 5.98. The molecule has 0 bridgehead atoms. The number of hydrogen-bond donors (Lipinski definition) is 1. The van der Waals surface area contributed by atoms with Crippen LogP contribution in [0, 0.1) is 0 Å². The molecule has 1 atom stereocenters. The second kappa shape index (κ2) is 5.32. The van der Waals surface area contributed by atoms with Crippen LogP contribution in [-0.4, -0.2) is 6.04 Å². The molecule has 0 amide bonds. The van der Waals surface area contributed by atoms with E-state index in [1.165, 1.54) is 11.1 Å². The highest BCUT2D eigenvalue weighted by molar-refractivity contribution is 9.10. The van der Waals surface area contributed by atoms with Crippen LogP contribution in [0.15, 0.2) is 40.4 Å². The van der Waals surface area contributed by atoms with Crippen LogP contribution in [0.3, 0.4) is 0 Å². The number of rotatable bonds is 3. The summed E-state index contributed by atoms with van der Waals surface area (Å²) in [4.78, 5) is 0. The molecule has 1 aromatic rings. The van der Waals surface area contributed by atoms with Gasteiger partial charge in [0.15, 0.2) is 0 Å². The predicted molar refractivity (Wildman–Crippen MR) is 65.3 cm³/mol. The van der Waals surface area contributed by atoms with Gasteiger partial charge < -0.3 is 5.73 Å². The van der Waals surface area contributed by atoms with E-state index in [1.807, 2.05) is 18.2 Å². The molecular formula is C12H16BrN. The first kappa shape index (κ1) is 11.5. The van der Waals surface area contributed by atoms with Gasteiger partial charge in [0.1, 0.15) is 0 Å². The molecule has 0 fully saturated rings. The van der Waals surface area contributed by atoms with E-state index in [9.17, 15) is 0 Å². The van der Waals surface area contributed by atoms with Crippen LogP contribution in [0.25, 0.3) is 0 Å². The topological polar surface area (TPSA) is 26.0 Å². The van der Waals surface area contributed by atoms with Gasteiger partial charge in [-0.25, -0.2) is 0 Å². The van der Waals surface area contributed by atoms with Crippen LogP contribution in [0.2, 0.25) is 0 Å². The van der Waals surface area contributed by atoms with Gasteiger partial charge in [-0.2, -0.15) is 0 Å². The van der Waals surface area contributed by atoms with Crippen LogP contribution in [0.1, 0.15) is 19.4 Å². The van der Waals surface area contributed by atoms with Gasteiger partial charge >= 0.3 is 0 Å². The van der Waals surface area contributed by atoms with Gasteiger partial charge in [0.05, 0.1) is 0 Å². The molecule has 0 heterocycles. The molecule has 0 spiro atoms. The van der Waals surface area contributed by atoms with Crippen molar-refractivity contribution >= 4 is 15.9 Å². The molecule has 0 aliphatic carbocycles. The Balaban J connectivity index is 2.70. The van der Waals surface area contributed by atoms with E-state index >= 15 is 0 Å². The molecule has 2 N–H and O–H groups in total. The fourth-order valence-electron chi connectivity index (χ4n) is 1.40. The Morgan fingerprint density at radius 3 is 2.64 bits per heavy atom. The van der Waals surface area contributed by atoms with E-state index in [0.717, 1.165) is 10.9 Å². The van der Waals surface area contributed by atoms with E-state index in [0.29, 0.717) is 0 Å². The average molecular weight is 254 g/mol. The first-order chi connectivity index (χ1) is 6.59. The Kier molecular flexibility index (Phi) is 4.36. The van der Waals surface area contributed by atoms with Gasteiger partial charge in [0, 0.05) is 10.5 Å². The fourth-order valence-corrected chi connectivity index (χ4v) is 1.85. The lowest BCUT2D eigenvalue weighted by Crippen LogP contribution is -2.20. The number of hydrogen-bond acceptors (Lipinski definition) is 1. The highest BCUT2D eigenvalue weighted by Crippen LogP contribution is 2.17. The van der Waals surface area contributed by atoms with Crippen molar-refractivity contribution in [1.29, 1.82) is 0 Å². The summed E-state index contributed by atoms with van der Waals surface area (Å²) in [6.07, 6.45) is 2.98. The minimum Gasteiger partial charge on any atom is -0.324 e. The highest BCUT2D eigenvalue weighted by Gasteiger charge is 2.03. The average Bonchev–Trinajstić information content (AvgIpc) is 2.07. The molecule has 0 saturated heterocycles. The Morgan fingerprint density at radius 2 is 2.07 bits per heavy atom. The Bertz CT molecular complexity index is 327. The van der Waals surface area contributed by atoms with Crippen molar-refractivity contribution in [2.75, 3.05) is 0 Å². The Morgan fingerprint density at radius 1 is 1.43 bits per heavy atom. The van der Waals surface area contributed by atoms with Crippen molar-refractivity contribution in [1.82, 2.24) is 0 Å². The van der Waals surface area contributed by atoms with Crippen LogP contribution in [-0.2, 0) is 6.42 Å². The molecule has 0 aliphatic rings. The molecule has 0 aromatic heterocycles. The molecule has 1 aromatic carbocycles. The third-order valence-corrected chi connectivity index (χ3v) is 2.73. The standard InChI is InChI=1S/C12H16BrN/c1-9(2)7-11(14)8-10-5-3-4-6-12(10)13/h3-7,11H,8,14H2,1-2H3. The van der Waals surface area contributed by atoms with E-state index in [-0.39, 0.29) is 6.04 Å². The summed E-state index contributed by atoms with van der Waals surface area (Å²) in [6.45, 7) is 4.14. The van der Waals surface area contributed by atoms with E-state index < -0.39 is 0 Å². The van der Waals surface area contributed by atoms with Crippen molar-refractivity contribution in [3.8, 4) is 0 Å². The number of nitrogens with two attached hydrogens (primary N) is 1. The maximum Gasteiger partial charge on any atom is 0.0267 e. The van der Waals surface area contributed by atoms with E-state index in [1.54, 1.807) is 0 Å². The minimum absolute atomic E-state index is 0.110. The highest BCUT2D eigenvalue weighted by atomic mass is 79.9. The number of benzene rings is 1. The molecule has 14 heavy (non-hydrogen) atoms. The lowest BCUT2D eigenvalue weighted by molar-refractivity contribution is 0.800. The first-order valence-electron chi connectivity index (χ1n) is 4.73. The van der Waals surface area contributed by atoms with Crippen LogP contribution in [0.4, 0.5) is 0 Å². The van der Waals surface area contributed by atoms with Crippen molar-refractivity contribution < 1.29 is 0 Å². The van der Waals surface area contributed by atoms with Gasteiger partial charge in [-0.15, -0.1) is 0 Å². The summed E-state index contributed by atoms with van der Waals surface area (Å²) < 4.78 is 1.14. The third kappa shape index (κ3) is 3.64. The smallest absolute Gasteiger partial charge is 0.0267 e. The third-order valence-electron chi connectivity index (χ3n) is 1.96. The quantitative estimate of drug-likeness (QED) is 0.823. The van der Waals surface area contributed by atoms with Crippen LogP contribution < -0.4 is 5.73 Å². The van der Waals surface area contributed by atoms with Crippen LogP contribution >= 0.6 is 15.9 Å². The van der Waals surface area contributed by atoms with Gasteiger partial charge in [-0.05, 0) is 31.9 Å². The van der Waals surface area contributed by atoms with Gasteiger partial charge in [0.25, 0.3) is 0 Å². The van der Waals surface area contributed by atoms with Crippen molar-refractivity contribution in [2.24, 2.45) is 5.73 Å². The molecule has 76 valence electrons. The molecule has 1 nitrogen and oxygen atoms in total. The van der Waals surface area contributed by atoms with Crippen molar-refractivity contribution in [2.45, 2.75) is 26.3 Å². The lowest BCUT2D eigenvalue weighted by atomic mass is 10.1. The SMILES string of the molecule is CC(C)=CC(N)Cc1ccccc1Br. The molecule has 2 heteroatoms. The zero-order chi connectivity index (χ0) is 10.6. The predicted octanol–water partition coefficient (Wildman–Crippen LogP) is 3.29. The summed E-state index contributed by atoms with van der Waals surface area (Å²) in [6, 6.07) is 8.31. The van der Waals surface area contributed by atoms with Gasteiger partial charge in [0.2, 0.25) is 0 Å².